The summed E-state index contributed by atoms with van der Waals surface area (Å²) in [4.78, 5) is 9.04. The molecule has 2 aromatic rings. The van der Waals surface area contributed by atoms with Crippen molar-refractivity contribution in [3.05, 3.63) is 59.9 Å². The van der Waals surface area contributed by atoms with Gasteiger partial charge in [0.2, 0.25) is 0 Å². The topological polar surface area (TPSA) is 67.8 Å². The first-order valence-corrected chi connectivity index (χ1v) is 9.44. The van der Waals surface area contributed by atoms with Crippen LogP contribution in [0, 0.1) is 0 Å². The third-order valence-electron chi connectivity index (χ3n) is 3.94. The van der Waals surface area contributed by atoms with Crippen LogP contribution in [-0.2, 0) is 17.7 Å². The van der Waals surface area contributed by atoms with Gasteiger partial charge in [-0.15, -0.1) is 24.0 Å². The number of aromatic nitrogens is 1. The van der Waals surface area contributed by atoms with Crippen LogP contribution in [0.2, 0.25) is 0 Å². The van der Waals surface area contributed by atoms with Gasteiger partial charge in [-0.3, -0.25) is 4.98 Å². The largest absolute Gasteiger partial charge is 0.497 e. The lowest BCUT2D eigenvalue weighted by Crippen LogP contribution is -2.39. The highest BCUT2D eigenvalue weighted by Gasteiger charge is 2.01. The second-order valence-corrected chi connectivity index (χ2v) is 5.99. The van der Waals surface area contributed by atoms with Gasteiger partial charge in [0.25, 0.3) is 0 Å². The van der Waals surface area contributed by atoms with Crippen molar-refractivity contribution >= 4 is 29.9 Å². The number of hydrogen-bond acceptors (Lipinski definition) is 4. The molecule has 1 aromatic heterocycles. The predicted octanol–water partition coefficient (Wildman–Crippen LogP) is 3.41. The molecule has 28 heavy (non-hydrogen) atoms. The highest BCUT2D eigenvalue weighted by atomic mass is 127. The fraction of sp³-hybridized carbons (Fsp3) is 0.429. The lowest BCUT2D eigenvalue weighted by Gasteiger charge is -2.13. The van der Waals surface area contributed by atoms with Crippen molar-refractivity contribution in [1.29, 1.82) is 0 Å². The Labute approximate surface area is 185 Å². The van der Waals surface area contributed by atoms with E-state index in [0.717, 1.165) is 62.1 Å². The van der Waals surface area contributed by atoms with Gasteiger partial charge < -0.3 is 20.1 Å². The molecule has 0 amide bonds. The molecule has 0 atom stereocenters. The number of pyridine rings is 1. The zero-order chi connectivity index (χ0) is 19.2. The molecule has 0 saturated carbocycles. The Morgan fingerprint density at radius 2 is 1.86 bits per heavy atom. The minimum Gasteiger partial charge on any atom is -0.497 e. The second-order valence-electron chi connectivity index (χ2n) is 5.99. The van der Waals surface area contributed by atoms with E-state index in [1.54, 1.807) is 7.11 Å². The van der Waals surface area contributed by atoms with Crippen LogP contribution in [-0.4, -0.2) is 44.4 Å². The van der Waals surface area contributed by atoms with Crippen molar-refractivity contribution < 1.29 is 9.47 Å². The SMILES string of the molecule is CCOCCCNC(=NCc1ccc(OC)cc1)NCCc1ccccn1.I. The average Bonchev–Trinajstić information content (AvgIpc) is 2.72. The van der Waals surface area contributed by atoms with E-state index in [0.29, 0.717) is 6.54 Å². The molecule has 154 valence electrons. The molecule has 1 heterocycles. The highest BCUT2D eigenvalue weighted by Crippen LogP contribution is 2.11. The summed E-state index contributed by atoms with van der Waals surface area (Å²) in [6.07, 6.45) is 3.61. The molecule has 0 aliphatic heterocycles. The number of rotatable bonds is 11. The Morgan fingerprint density at radius 3 is 2.54 bits per heavy atom. The summed E-state index contributed by atoms with van der Waals surface area (Å²) < 4.78 is 10.6. The number of ether oxygens (including phenoxy) is 2. The van der Waals surface area contributed by atoms with Crippen molar-refractivity contribution in [3.8, 4) is 5.75 Å². The first kappa shape index (κ1) is 24.2. The number of hydrogen-bond donors (Lipinski definition) is 2. The summed E-state index contributed by atoms with van der Waals surface area (Å²) in [6, 6.07) is 13.9. The van der Waals surface area contributed by atoms with Crippen LogP contribution >= 0.6 is 24.0 Å². The maximum absolute atomic E-state index is 5.39. The molecule has 2 rings (SSSR count). The molecule has 0 radical (unpaired) electrons. The second kappa shape index (κ2) is 15.1. The Balaban J connectivity index is 0.00000392. The highest BCUT2D eigenvalue weighted by molar-refractivity contribution is 14.0. The Bertz CT molecular complexity index is 666. The molecular weight excluding hydrogens is 467 g/mol. The van der Waals surface area contributed by atoms with Gasteiger partial charge in [-0.2, -0.15) is 0 Å². The van der Waals surface area contributed by atoms with Crippen LogP contribution in [0.4, 0.5) is 0 Å². The molecule has 0 saturated heterocycles. The van der Waals surface area contributed by atoms with E-state index >= 15 is 0 Å². The standard InChI is InChI=1S/C21H30N4O2.HI/c1-3-27-16-6-14-23-21(24-15-12-19-7-4-5-13-22-19)25-17-18-8-10-20(26-2)11-9-18;/h4-5,7-11,13H,3,6,12,14-17H2,1-2H3,(H2,23,24,25);1H. The number of halogens is 1. The van der Waals surface area contributed by atoms with Crippen LogP contribution < -0.4 is 15.4 Å². The third kappa shape index (κ3) is 9.89. The Morgan fingerprint density at radius 1 is 1.07 bits per heavy atom. The van der Waals surface area contributed by atoms with E-state index in [2.05, 4.69) is 15.6 Å². The fourth-order valence-electron chi connectivity index (χ4n) is 2.46. The van der Waals surface area contributed by atoms with E-state index < -0.39 is 0 Å². The van der Waals surface area contributed by atoms with E-state index in [4.69, 9.17) is 14.5 Å². The van der Waals surface area contributed by atoms with Crippen LogP contribution in [0.25, 0.3) is 0 Å². The van der Waals surface area contributed by atoms with Gasteiger partial charge in [0.1, 0.15) is 5.75 Å². The molecule has 0 spiro atoms. The zero-order valence-electron chi connectivity index (χ0n) is 16.7. The van der Waals surface area contributed by atoms with Crippen molar-refractivity contribution in [3.63, 3.8) is 0 Å². The summed E-state index contributed by atoms with van der Waals surface area (Å²) >= 11 is 0. The Kier molecular flexibility index (Phi) is 13.0. The molecule has 7 heteroatoms. The smallest absolute Gasteiger partial charge is 0.191 e. The van der Waals surface area contributed by atoms with E-state index in [-0.39, 0.29) is 24.0 Å². The summed E-state index contributed by atoms with van der Waals surface area (Å²) in [5.74, 6) is 1.66. The lowest BCUT2D eigenvalue weighted by atomic mass is 10.2. The Hall–Kier alpha value is -1.87. The molecule has 0 aliphatic rings. The quantitative estimate of drug-likeness (QED) is 0.215. The van der Waals surface area contributed by atoms with Gasteiger partial charge in [-0.05, 0) is 43.2 Å². The van der Waals surface area contributed by atoms with Gasteiger partial charge in [-0.25, -0.2) is 4.99 Å². The monoisotopic (exact) mass is 498 g/mol. The average molecular weight is 498 g/mol. The van der Waals surface area contributed by atoms with Crippen molar-refractivity contribution in [2.75, 3.05) is 33.4 Å². The van der Waals surface area contributed by atoms with Crippen molar-refractivity contribution in [2.45, 2.75) is 26.3 Å². The molecule has 0 fully saturated rings. The molecule has 0 bridgehead atoms. The molecule has 1 aromatic carbocycles. The van der Waals surface area contributed by atoms with Crippen LogP contribution in [0.1, 0.15) is 24.6 Å². The summed E-state index contributed by atoms with van der Waals surface area (Å²) in [7, 11) is 1.67. The van der Waals surface area contributed by atoms with Crippen molar-refractivity contribution in [1.82, 2.24) is 15.6 Å². The van der Waals surface area contributed by atoms with E-state index in [9.17, 15) is 0 Å². The minimum absolute atomic E-state index is 0. The molecule has 2 N–H and O–H groups in total. The van der Waals surface area contributed by atoms with Crippen molar-refractivity contribution in [2.24, 2.45) is 4.99 Å². The number of aliphatic imine (C=N–C) groups is 1. The van der Waals surface area contributed by atoms with Gasteiger partial charge in [-0.1, -0.05) is 18.2 Å². The molecular formula is C21H31IN4O2. The molecule has 0 unspecified atom stereocenters. The van der Waals surface area contributed by atoms with Gasteiger partial charge in [0.05, 0.1) is 13.7 Å². The predicted molar refractivity (Wildman–Crippen MR) is 125 cm³/mol. The summed E-state index contributed by atoms with van der Waals surface area (Å²) in [5, 5.41) is 6.76. The summed E-state index contributed by atoms with van der Waals surface area (Å²) in [5.41, 5.74) is 2.20. The molecule has 6 nitrogen and oxygen atoms in total. The third-order valence-corrected chi connectivity index (χ3v) is 3.94. The summed E-state index contributed by atoms with van der Waals surface area (Å²) in [6.45, 7) is 5.71. The zero-order valence-corrected chi connectivity index (χ0v) is 19.0. The van der Waals surface area contributed by atoms with Gasteiger partial charge in [0.15, 0.2) is 5.96 Å². The first-order chi connectivity index (χ1) is 13.3. The number of benzene rings is 1. The maximum Gasteiger partial charge on any atom is 0.191 e. The normalized spacial score (nSPS) is 10.9. The van der Waals surface area contributed by atoms with Crippen LogP contribution in [0.5, 0.6) is 5.75 Å². The van der Waals surface area contributed by atoms with Crippen LogP contribution in [0.3, 0.4) is 0 Å². The van der Waals surface area contributed by atoms with E-state index in [1.807, 2.05) is 55.6 Å². The van der Waals surface area contributed by atoms with Gasteiger partial charge >= 0.3 is 0 Å². The van der Waals surface area contributed by atoms with Gasteiger partial charge in [0, 0.05) is 44.6 Å². The number of guanidine groups is 1. The maximum atomic E-state index is 5.39. The number of nitrogens with one attached hydrogen (secondary N) is 2. The molecule has 0 aliphatic carbocycles. The fourth-order valence-corrected chi connectivity index (χ4v) is 2.46. The number of nitrogens with zero attached hydrogens (tertiary/aromatic N) is 2. The first-order valence-electron chi connectivity index (χ1n) is 9.44. The van der Waals surface area contributed by atoms with Crippen LogP contribution in [0.15, 0.2) is 53.7 Å². The number of methoxy groups -OCH3 is 1. The van der Waals surface area contributed by atoms with E-state index in [1.165, 1.54) is 0 Å². The minimum atomic E-state index is 0. The lowest BCUT2D eigenvalue weighted by molar-refractivity contribution is 0.145.